The lowest BCUT2D eigenvalue weighted by Crippen LogP contribution is -2.36. The second-order valence-corrected chi connectivity index (χ2v) is 6.47. The van der Waals surface area contributed by atoms with Crippen LogP contribution >= 0.6 is 11.8 Å². The van der Waals surface area contributed by atoms with Crippen molar-refractivity contribution in [2.75, 3.05) is 12.3 Å². The molecule has 0 spiro atoms. The van der Waals surface area contributed by atoms with Crippen molar-refractivity contribution in [2.24, 2.45) is 0 Å². The number of aliphatic carboxylic acids is 1. The third-order valence-electron chi connectivity index (χ3n) is 3.32. The summed E-state index contributed by atoms with van der Waals surface area (Å²) in [5.41, 5.74) is 0.891. The fourth-order valence-corrected chi connectivity index (χ4v) is 3.05. The first-order valence-corrected chi connectivity index (χ1v) is 8.51. The Balaban J connectivity index is 2.02. The first kappa shape index (κ1) is 18.0. The molecule has 1 aromatic carbocycles. The van der Waals surface area contributed by atoms with Crippen LogP contribution in [-0.2, 0) is 16.1 Å². The lowest BCUT2D eigenvalue weighted by molar-refractivity contribution is -0.143. The number of carbonyl (C=O) groups is 2. The zero-order valence-corrected chi connectivity index (χ0v) is 14.4. The number of rotatable bonds is 8. The molecule has 0 aliphatic carbocycles. The quantitative estimate of drug-likeness (QED) is 0.735. The topological polar surface area (TPSA) is 88.3 Å². The predicted molar refractivity (Wildman–Crippen MR) is 90.6 cm³/mol. The Hall–Kier alpha value is -2.35. The molecule has 0 atom stereocenters. The van der Waals surface area contributed by atoms with E-state index in [1.165, 1.54) is 16.7 Å². The van der Waals surface area contributed by atoms with Crippen LogP contribution in [0.15, 0.2) is 41.8 Å². The van der Waals surface area contributed by atoms with Crippen molar-refractivity contribution in [2.45, 2.75) is 31.6 Å². The lowest BCUT2D eigenvalue weighted by Gasteiger charge is -2.20. The summed E-state index contributed by atoms with van der Waals surface area (Å²) in [6.45, 7) is 3.94. The van der Waals surface area contributed by atoms with Crippen molar-refractivity contribution in [1.29, 1.82) is 0 Å². The molecule has 128 valence electrons. The maximum atomic E-state index is 12.4. The molecule has 0 aliphatic rings. The number of thioether (sulfide) groups is 1. The maximum absolute atomic E-state index is 12.4. The summed E-state index contributed by atoms with van der Waals surface area (Å²) in [7, 11) is 0. The van der Waals surface area contributed by atoms with Gasteiger partial charge < -0.3 is 14.6 Å². The van der Waals surface area contributed by atoms with Gasteiger partial charge in [0.2, 0.25) is 5.91 Å². The molecule has 0 fully saturated rings. The summed E-state index contributed by atoms with van der Waals surface area (Å²) in [6, 6.07) is 9.52. The minimum Gasteiger partial charge on any atom is -0.480 e. The van der Waals surface area contributed by atoms with E-state index in [0.717, 1.165) is 5.56 Å². The highest BCUT2D eigenvalue weighted by molar-refractivity contribution is 7.99. The molecule has 8 heteroatoms. The maximum Gasteiger partial charge on any atom is 0.323 e. The average molecular weight is 348 g/mol. The number of hydrogen-bond acceptors (Lipinski definition) is 5. The van der Waals surface area contributed by atoms with Crippen LogP contribution in [0.3, 0.4) is 0 Å². The van der Waals surface area contributed by atoms with E-state index in [-0.39, 0.29) is 30.8 Å². The van der Waals surface area contributed by atoms with E-state index in [1.807, 2.05) is 48.7 Å². The Morgan fingerprint density at radius 2 is 2.00 bits per heavy atom. The van der Waals surface area contributed by atoms with E-state index < -0.39 is 5.97 Å². The lowest BCUT2D eigenvalue weighted by atomic mass is 10.2. The zero-order valence-electron chi connectivity index (χ0n) is 13.6. The Bertz CT molecular complexity index is 688. The van der Waals surface area contributed by atoms with E-state index in [2.05, 4.69) is 10.2 Å². The van der Waals surface area contributed by atoms with Gasteiger partial charge in [-0.05, 0) is 19.4 Å². The Morgan fingerprint density at radius 1 is 1.29 bits per heavy atom. The highest BCUT2D eigenvalue weighted by Gasteiger charge is 2.19. The fraction of sp³-hybridized carbons (Fsp3) is 0.375. The molecular weight excluding hydrogens is 328 g/mol. The second kappa shape index (κ2) is 8.49. The second-order valence-electron chi connectivity index (χ2n) is 5.53. The van der Waals surface area contributed by atoms with Gasteiger partial charge >= 0.3 is 5.97 Å². The molecule has 2 aromatic rings. The highest BCUT2D eigenvalue weighted by Crippen LogP contribution is 2.19. The molecule has 0 bridgehead atoms. The van der Waals surface area contributed by atoms with Gasteiger partial charge in [0.05, 0.1) is 5.75 Å². The third kappa shape index (κ3) is 5.09. The molecule has 1 amide bonds. The van der Waals surface area contributed by atoms with Crippen molar-refractivity contribution in [1.82, 2.24) is 19.7 Å². The van der Waals surface area contributed by atoms with Crippen LogP contribution in [0.5, 0.6) is 0 Å². The van der Waals surface area contributed by atoms with Crippen LogP contribution in [0.1, 0.15) is 25.5 Å². The summed E-state index contributed by atoms with van der Waals surface area (Å²) >= 11 is 1.26. The van der Waals surface area contributed by atoms with E-state index in [9.17, 15) is 9.59 Å². The van der Waals surface area contributed by atoms with Crippen LogP contribution in [-0.4, -0.2) is 48.9 Å². The van der Waals surface area contributed by atoms with Crippen LogP contribution in [0, 0.1) is 0 Å². The number of amides is 1. The van der Waals surface area contributed by atoms with Gasteiger partial charge in [-0.2, -0.15) is 0 Å². The summed E-state index contributed by atoms with van der Waals surface area (Å²) in [5.74, 6) is -1.16. The largest absolute Gasteiger partial charge is 0.480 e. The fourth-order valence-electron chi connectivity index (χ4n) is 2.11. The number of carboxylic acids is 1. The number of nitrogens with zero attached hydrogens (tertiary/aromatic N) is 4. The number of hydrogen-bond donors (Lipinski definition) is 1. The molecule has 1 heterocycles. The Morgan fingerprint density at radius 3 is 2.62 bits per heavy atom. The van der Waals surface area contributed by atoms with Crippen LogP contribution in [0.2, 0.25) is 0 Å². The molecule has 0 saturated heterocycles. The molecule has 7 nitrogen and oxygen atoms in total. The number of aromatic nitrogens is 3. The van der Waals surface area contributed by atoms with E-state index >= 15 is 0 Å². The molecule has 0 aliphatic heterocycles. The zero-order chi connectivity index (χ0) is 17.5. The average Bonchev–Trinajstić information content (AvgIpc) is 3.01. The minimum absolute atomic E-state index is 0.117. The molecule has 0 radical (unpaired) electrons. The predicted octanol–water partition coefficient (Wildman–Crippen LogP) is 2.06. The van der Waals surface area contributed by atoms with Crippen LogP contribution in [0.25, 0.3) is 0 Å². The Kier molecular flexibility index (Phi) is 6.36. The van der Waals surface area contributed by atoms with Gasteiger partial charge in [0.25, 0.3) is 0 Å². The van der Waals surface area contributed by atoms with Gasteiger partial charge in [0.1, 0.15) is 12.9 Å². The summed E-state index contributed by atoms with van der Waals surface area (Å²) in [5, 5.41) is 17.6. The van der Waals surface area contributed by atoms with Crippen molar-refractivity contribution >= 4 is 23.6 Å². The van der Waals surface area contributed by atoms with Gasteiger partial charge in [0.15, 0.2) is 5.16 Å². The number of carbonyl (C=O) groups excluding carboxylic acids is 1. The first-order valence-electron chi connectivity index (χ1n) is 7.53. The van der Waals surface area contributed by atoms with Gasteiger partial charge in [-0.3, -0.25) is 9.59 Å². The Labute approximate surface area is 144 Å². The molecule has 2 rings (SSSR count). The minimum atomic E-state index is -1.03. The molecular formula is C16H20N4O3S. The van der Waals surface area contributed by atoms with Gasteiger partial charge in [0, 0.05) is 12.6 Å². The van der Waals surface area contributed by atoms with Crippen molar-refractivity contribution in [3.8, 4) is 0 Å². The third-order valence-corrected chi connectivity index (χ3v) is 4.26. The van der Waals surface area contributed by atoms with Crippen LogP contribution in [0.4, 0.5) is 0 Å². The first-order chi connectivity index (χ1) is 11.5. The normalized spacial score (nSPS) is 10.8. The standard InChI is InChI=1S/C16H20N4O3S/c1-12(2)20-11-17-18-16(20)24-10-14(21)19(9-15(22)23)8-13-6-4-3-5-7-13/h3-7,11-12H,8-10H2,1-2H3,(H,22,23). The van der Waals surface area contributed by atoms with E-state index in [0.29, 0.717) is 5.16 Å². The van der Waals surface area contributed by atoms with Crippen LogP contribution < -0.4 is 0 Å². The molecule has 1 aromatic heterocycles. The smallest absolute Gasteiger partial charge is 0.323 e. The molecule has 0 saturated carbocycles. The van der Waals surface area contributed by atoms with E-state index in [4.69, 9.17) is 5.11 Å². The molecule has 0 unspecified atom stereocenters. The monoisotopic (exact) mass is 348 g/mol. The molecule has 1 N–H and O–H groups in total. The van der Waals surface area contributed by atoms with Crippen molar-refractivity contribution < 1.29 is 14.7 Å². The summed E-state index contributed by atoms with van der Waals surface area (Å²) in [6.07, 6.45) is 1.62. The van der Waals surface area contributed by atoms with E-state index in [1.54, 1.807) is 6.33 Å². The van der Waals surface area contributed by atoms with Gasteiger partial charge in [-0.15, -0.1) is 10.2 Å². The summed E-state index contributed by atoms with van der Waals surface area (Å²) in [4.78, 5) is 24.8. The van der Waals surface area contributed by atoms with Crippen molar-refractivity contribution in [3.63, 3.8) is 0 Å². The number of benzene rings is 1. The summed E-state index contributed by atoms with van der Waals surface area (Å²) < 4.78 is 1.87. The molecule has 24 heavy (non-hydrogen) atoms. The number of carboxylic acid groups (broad SMARTS) is 1. The SMILES string of the molecule is CC(C)n1cnnc1SCC(=O)N(CC(=O)O)Cc1ccccc1. The van der Waals surface area contributed by atoms with Crippen molar-refractivity contribution in [3.05, 3.63) is 42.2 Å². The van der Waals surface area contributed by atoms with Gasteiger partial charge in [-0.1, -0.05) is 42.1 Å². The highest BCUT2D eigenvalue weighted by atomic mass is 32.2. The van der Waals surface area contributed by atoms with Gasteiger partial charge in [-0.25, -0.2) is 0 Å².